The Hall–Kier alpha value is -0.220. The topological polar surface area (TPSA) is 32.3 Å². The molecule has 1 atom stereocenters. The van der Waals surface area contributed by atoms with Crippen molar-refractivity contribution in [1.82, 2.24) is 10.2 Å². The van der Waals surface area contributed by atoms with E-state index in [0.29, 0.717) is 17.6 Å². The van der Waals surface area contributed by atoms with E-state index in [4.69, 9.17) is 0 Å². The monoisotopic (exact) mass is 202 g/mol. The second-order valence-corrected chi connectivity index (χ2v) is 4.92. The first-order chi connectivity index (χ1) is 6.24. The summed E-state index contributed by atoms with van der Waals surface area (Å²) < 4.78 is 0. The van der Waals surface area contributed by atoms with Crippen LogP contribution in [0.1, 0.15) is 13.3 Å². The summed E-state index contributed by atoms with van der Waals surface area (Å²) in [5, 5.41) is 3.60. The van der Waals surface area contributed by atoms with Gasteiger partial charge in [-0.2, -0.15) is 11.8 Å². The predicted octanol–water partition coefficient (Wildman–Crippen LogP) is 0.560. The van der Waals surface area contributed by atoms with Gasteiger partial charge in [0.25, 0.3) is 0 Å². The Morgan fingerprint density at radius 3 is 3.08 bits per heavy atom. The minimum atomic E-state index is 0.293. The van der Waals surface area contributed by atoms with Crippen LogP contribution in [0, 0.1) is 0 Å². The van der Waals surface area contributed by atoms with Crippen molar-refractivity contribution in [2.24, 2.45) is 0 Å². The van der Waals surface area contributed by atoms with Crippen LogP contribution >= 0.6 is 11.8 Å². The quantitative estimate of drug-likeness (QED) is 0.726. The summed E-state index contributed by atoms with van der Waals surface area (Å²) in [6, 6.07) is 0. The number of carbonyl (C=O) groups is 1. The van der Waals surface area contributed by atoms with Gasteiger partial charge >= 0.3 is 0 Å². The zero-order chi connectivity index (χ0) is 9.68. The number of hydrogen-bond donors (Lipinski definition) is 1. The van der Waals surface area contributed by atoms with Crippen LogP contribution in [0.25, 0.3) is 0 Å². The Bertz CT molecular complexity index is 175. The molecule has 0 bridgehead atoms. The van der Waals surface area contributed by atoms with Crippen molar-refractivity contribution < 1.29 is 4.79 Å². The zero-order valence-electron chi connectivity index (χ0n) is 8.38. The van der Waals surface area contributed by atoms with E-state index >= 15 is 0 Å². The molecule has 0 aromatic rings. The highest BCUT2D eigenvalue weighted by Crippen LogP contribution is 2.17. The third-order valence-corrected chi connectivity index (χ3v) is 3.32. The van der Waals surface area contributed by atoms with Crippen LogP contribution < -0.4 is 5.32 Å². The summed E-state index contributed by atoms with van der Waals surface area (Å²) in [6.45, 7) is 4.82. The van der Waals surface area contributed by atoms with Gasteiger partial charge in [0.1, 0.15) is 0 Å². The van der Waals surface area contributed by atoms with E-state index in [1.165, 1.54) is 0 Å². The van der Waals surface area contributed by atoms with Gasteiger partial charge in [0.2, 0.25) is 5.91 Å². The number of nitrogens with one attached hydrogen (secondary N) is 1. The van der Waals surface area contributed by atoms with Gasteiger partial charge in [-0.05, 0) is 7.05 Å². The third-order valence-electron chi connectivity index (χ3n) is 2.18. The molecule has 0 aliphatic carbocycles. The number of amides is 1. The Balaban J connectivity index is 2.28. The van der Waals surface area contributed by atoms with Crippen LogP contribution in [-0.4, -0.2) is 48.5 Å². The van der Waals surface area contributed by atoms with Crippen molar-refractivity contribution in [2.45, 2.75) is 18.6 Å². The number of nitrogens with zero attached hydrogens (tertiary/aromatic N) is 1. The second-order valence-electron chi connectivity index (χ2n) is 3.37. The lowest BCUT2D eigenvalue weighted by molar-refractivity contribution is -0.130. The van der Waals surface area contributed by atoms with E-state index in [0.717, 1.165) is 25.4 Å². The highest BCUT2D eigenvalue weighted by molar-refractivity contribution is 7.99. The molecule has 1 aliphatic rings. The molecule has 0 radical (unpaired) electrons. The molecule has 4 heteroatoms. The van der Waals surface area contributed by atoms with Gasteiger partial charge in [-0.15, -0.1) is 0 Å². The molecule has 0 aromatic heterocycles. The summed E-state index contributed by atoms with van der Waals surface area (Å²) in [4.78, 5) is 13.6. The standard InChI is InChI=1S/C9H18N2OS/c1-8-7-11(5-6-13-8)9(12)3-4-10-2/h8,10H,3-7H2,1-2H3. The average Bonchev–Trinajstić information content (AvgIpc) is 2.14. The van der Waals surface area contributed by atoms with Crippen LogP contribution in [0.3, 0.4) is 0 Å². The Kier molecular flexibility index (Phi) is 4.59. The molecule has 1 saturated heterocycles. The van der Waals surface area contributed by atoms with Crippen molar-refractivity contribution in [3.05, 3.63) is 0 Å². The van der Waals surface area contributed by atoms with Crippen molar-refractivity contribution in [3.63, 3.8) is 0 Å². The molecule has 13 heavy (non-hydrogen) atoms. The molecule has 0 spiro atoms. The van der Waals surface area contributed by atoms with E-state index in [2.05, 4.69) is 12.2 Å². The molecule has 1 fully saturated rings. The van der Waals surface area contributed by atoms with Gasteiger partial charge < -0.3 is 10.2 Å². The van der Waals surface area contributed by atoms with Gasteiger partial charge in [-0.25, -0.2) is 0 Å². The van der Waals surface area contributed by atoms with Gasteiger partial charge in [-0.1, -0.05) is 6.92 Å². The second kappa shape index (κ2) is 5.50. The van der Waals surface area contributed by atoms with E-state index in [9.17, 15) is 4.79 Å². The third kappa shape index (κ3) is 3.56. The summed E-state index contributed by atoms with van der Waals surface area (Å²) in [5.41, 5.74) is 0. The molecule has 1 aliphatic heterocycles. The lowest BCUT2D eigenvalue weighted by Gasteiger charge is -2.30. The first kappa shape index (κ1) is 10.9. The lowest BCUT2D eigenvalue weighted by Crippen LogP contribution is -2.41. The van der Waals surface area contributed by atoms with Crippen LogP contribution in [-0.2, 0) is 4.79 Å². The SMILES string of the molecule is CNCCC(=O)N1CCSC(C)C1. The maximum Gasteiger partial charge on any atom is 0.223 e. The predicted molar refractivity (Wildman–Crippen MR) is 57.0 cm³/mol. The average molecular weight is 202 g/mol. The molecular formula is C9H18N2OS. The molecule has 1 amide bonds. The van der Waals surface area contributed by atoms with E-state index in [1.807, 2.05) is 23.7 Å². The Labute approximate surface area is 84.2 Å². The first-order valence-corrected chi connectivity index (χ1v) is 5.83. The maximum absolute atomic E-state index is 11.6. The maximum atomic E-state index is 11.6. The van der Waals surface area contributed by atoms with Gasteiger partial charge in [0.15, 0.2) is 0 Å². The summed E-state index contributed by atoms with van der Waals surface area (Å²) in [6.07, 6.45) is 0.633. The molecule has 1 N–H and O–H groups in total. The van der Waals surface area contributed by atoms with Crippen LogP contribution in [0.4, 0.5) is 0 Å². The highest BCUT2D eigenvalue weighted by atomic mass is 32.2. The smallest absolute Gasteiger partial charge is 0.223 e. The van der Waals surface area contributed by atoms with Crippen molar-refractivity contribution in [3.8, 4) is 0 Å². The summed E-state index contributed by atoms with van der Waals surface area (Å²) in [5.74, 6) is 1.38. The molecule has 0 saturated carbocycles. The Morgan fingerprint density at radius 1 is 1.69 bits per heavy atom. The van der Waals surface area contributed by atoms with Gasteiger partial charge in [0.05, 0.1) is 0 Å². The van der Waals surface area contributed by atoms with E-state index in [1.54, 1.807) is 0 Å². The summed E-state index contributed by atoms with van der Waals surface area (Å²) >= 11 is 1.95. The van der Waals surface area contributed by atoms with Gasteiger partial charge in [-0.3, -0.25) is 4.79 Å². The number of rotatable bonds is 3. The van der Waals surface area contributed by atoms with Crippen molar-refractivity contribution in [2.75, 3.05) is 32.4 Å². The highest BCUT2D eigenvalue weighted by Gasteiger charge is 2.20. The fourth-order valence-corrected chi connectivity index (χ4v) is 2.45. The fourth-order valence-electron chi connectivity index (χ4n) is 1.43. The number of hydrogen-bond acceptors (Lipinski definition) is 3. The summed E-state index contributed by atoms with van der Waals surface area (Å²) in [7, 11) is 1.88. The molecule has 0 aromatic carbocycles. The van der Waals surface area contributed by atoms with E-state index in [-0.39, 0.29) is 0 Å². The normalized spacial score (nSPS) is 23.2. The van der Waals surface area contributed by atoms with Crippen LogP contribution in [0.5, 0.6) is 0 Å². The first-order valence-electron chi connectivity index (χ1n) is 4.78. The minimum Gasteiger partial charge on any atom is -0.341 e. The zero-order valence-corrected chi connectivity index (χ0v) is 9.19. The molecule has 1 heterocycles. The minimum absolute atomic E-state index is 0.293. The van der Waals surface area contributed by atoms with Gasteiger partial charge in [0, 0.05) is 37.1 Å². The lowest BCUT2D eigenvalue weighted by atomic mass is 10.3. The molecular weight excluding hydrogens is 184 g/mol. The molecule has 1 rings (SSSR count). The Morgan fingerprint density at radius 2 is 2.46 bits per heavy atom. The number of carbonyl (C=O) groups excluding carboxylic acids is 1. The number of thioether (sulfide) groups is 1. The fraction of sp³-hybridized carbons (Fsp3) is 0.889. The molecule has 76 valence electrons. The van der Waals surface area contributed by atoms with Crippen molar-refractivity contribution in [1.29, 1.82) is 0 Å². The molecule has 1 unspecified atom stereocenters. The molecule has 3 nitrogen and oxygen atoms in total. The van der Waals surface area contributed by atoms with Crippen LogP contribution in [0.2, 0.25) is 0 Å². The van der Waals surface area contributed by atoms with E-state index < -0.39 is 0 Å². The largest absolute Gasteiger partial charge is 0.341 e. The van der Waals surface area contributed by atoms with Crippen LogP contribution in [0.15, 0.2) is 0 Å². The van der Waals surface area contributed by atoms with Crippen molar-refractivity contribution >= 4 is 17.7 Å².